The van der Waals surface area contributed by atoms with Gasteiger partial charge in [-0.25, -0.2) is 13.1 Å². The third kappa shape index (κ3) is 5.00. The molecule has 1 aliphatic rings. The van der Waals surface area contributed by atoms with Crippen molar-refractivity contribution in [3.05, 3.63) is 54.1 Å². The molecule has 6 nitrogen and oxygen atoms in total. The maximum absolute atomic E-state index is 12.7. The summed E-state index contributed by atoms with van der Waals surface area (Å²) in [5.41, 5.74) is 1.28. The summed E-state index contributed by atoms with van der Waals surface area (Å²) < 4.78 is 38.7. The van der Waals surface area contributed by atoms with Gasteiger partial charge in [0.1, 0.15) is 0 Å². The predicted molar refractivity (Wildman–Crippen MR) is 105 cm³/mol. The van der Waals surface area contributed by atoms with E-state index in [0.29, 0.717) is 11.5 Å². The second kappa shape index (κ2) is 8.73. The molecule has 0 unspecified atom stereocenters. The van der Waals surface area contributed by atoms with Crippen LogP contribution in [0.15, 0.2) is 53.4 Å². The number of piperidine rings is 1. The first-order valence-corrected chi connectivity index (χ1v) is 10.5. The highest BCUT2D eigenvalue weighted by Gasteiger charge is 2.25. The maximum atomic E-state index is 12.7. The molecule has 1 aliphatic heterocycles. The average Bonchev–Trinajstić information content (AvgIpc) is 2.69. The zero-order chi connectivity index (χ0) is 19.3. The number of nitrogens with one attached hydrogen (secondary N) is 1. The minimum Gasteiger partial charge on any atom is -0.493 e. The maximum Gasteiger partial charge on any atom is 0.240 e. The quantitative estimate of drug-likeness (QED) is 0.787. The minimum absolute atomic E-state index is 0.0601. The van der Waals surface area contributed by atoms with Gasteiger partial charge in [-0.05, 0) is 30.5 Å². The van der Waals surface area contributed by atoms with Crippen LogP contribution in [-0.4, -0.2) is 46.7 Å². The predicted octanol–water partition coefficient (Wildman–Crippen LogP) is 2.65. The lowest BCUT2D eigenvalue weighted by atomic mass is 10.1. The van der Waals surface area contributed by atoms with Crippen molar-refractivity contribution in [2.45, 2.75) is 30.3 Å². The molecular formula is C20H26N2O4S. The van der Waals surface area contributed by atoms with Crippen molar-refractivity contribution < 1.29 is 17.9 Å². The van der Waals surface area contributed by atoms with Gasteiger partial charge in [0.2, 0.25) is 10.0 Å². The van der Waals surface area contributed by atoms with E-state index in [9.17, 15) is 8.42 Å². The molecule has 0 atom stereocenters. The van der Waals surface area contributed by atoms with Gasteiger partial charge in [0.05, 0.1) is 19.1 Å². The van der Waals surface area contributed by atoms with Crippen molar-refractivity contribution in [3.8, 4) is 11.5 Å². The van der Waals surface area contributed by atoms with Crippen molar-refractivity contribution >= 4 is 10.0 Å². The van der Waals surface area contributed by atoms with Gasteiger partial charge >= 0.3 is 0 Å². The van der Waals surface area contributed by atoms with E-state index in [1.54, 1.807) is 6.07 Å². The number of nitrogens with zero attached hydrogens (tertiary/aromatic N) is 1. The van der Waals surface area contributed by atoms with E-state index >= 15 is 0 Å². The molecule has 1 heterocycles. The van der Waals surface area contributed by atoms with Crippen molar-refractivity contribution in [1.29, 1.82) is 0 Å². The fourth-order valence-corrected chi connectivity index (χ4v) is 4.64. The van der Waals surface area contributed by atoms with E-state index in [-0.39, 0.29) is 10.9 Å². The number of hydrogen-bond acceptors (Lipinski definition) is 5. The first kappa shape index (κ1) is 19.7. The fourth-order valence-electron chi connectivity index (χ4n) is 3.32. The molecule has 1 N–H and O–H groups in total. The van der Waals surface area contributed by atoms with Crippen LogP contribution in [-0.2, 0) is 16.6 Å². The molecule has 2 aromatic rings. The first-order valence-electron chi connectivity index (χ1n) is 9.02. The highest BCUT2D eigenvalue weighted by atomic mass is 32.2. The van der Waals surface area contributed by atoms with E-state index in [1.807, 2.05) is 18.2 Å². The fraction of sp³-hybridized carbons (Fsp3) is 0.400. The summed E-state index contributed by atoms with van der Waals surface area (Å²) in [7, 11) is -0.586. The number of benzene rings is 2. The van der Waals surface area contributed by atoms with Gasteiger partial charge in [0.25, 0.3) is 0 Å². The number of rotatable bonds is 7. The Kier molecular flexibility index (Phi) is 6.36. The van der Waals surface area contributed by atoms with E-state index in [2.05, 4.69) is 21.8 Å². The molecule has 0 amide bonds. The molecule has 7 heteroatoms. The van der Waals surface area contributed by atoms with Crippen LogP contribution in [0.5, 0.6) is 11.5 Å². The van der Waals surface area contributed by atoms with Gasteiger partial charge < -0.3 is 9.47 Å². The highest BCUT2D eigenvalue weighted by Crippen LogP contribution is 2.29. The van der Waals surface area contributed by atoms with Gasteiger partial charge in [-0.2, -0.15) is 0 Å². The number of hydrogen-bond donors (Lipinski definition) is 1. The molecule has 0 radical (unpaired) electrons. The lowest BCUT2D eigenvalue weighted by Gasteiger charge is -2.32. The molecule has 146 valence electrons. The number of methoxy groups -OCH3 is 2. The third-order valence-corrected chi connectivity index (χ3v) is 6.34. The summed E-state index contributed by atoms with van der Waals surface area (Å²) in [6.07, 6.45) is 1.58. The van der Waals surface area contributed by atoms with Crippen LogP contribution >= 0.6 is 0 Å². The molecule has 1 fully saturated rings. The Bertz CT molecular complexity index is 848. The van der Waals surface area contributed by atoms with Crippen LogP contribution in [0.3, 0.4) is 0 Å². The van der Waals surface area contributed by atoms with Crippen LogP contribution in [0, 0.1) is 0 Å². The van der Waals surface area contributed by atoms with Gasteiger partial charge in [-0.3, -0.25) is 4.90 Å². The Labute approximate surface area is 161 Å². The topological polar surface area (TPSA) is 67.9 Å². The second-order valence-corrected chi connectivity index (χ2v) is 8.39. The largest absolute Gasteiger partial charge is 0.493 e. The monoisotopic (exact) mass is 390 g/mol. The molecule has 0 bridgehead atoms. The molecule has 0 spiro atoms. The number of likely N-dealkylation sites (tertiary alicyclic amines) is 1. The van der Waals surface area contributed by atoms with Crippen molar-refractivity contribution in [3.63, 3.8) is 0 Å². The average molecular weight is 391 g/mol. The molecule has 0 aromatic heterocycles. The normalized spacial score (nSPS) is 16.2. The molecular weight excluding hydrogens is 364 g/mol. The Balaban J connectivity index is 1.59. The lowest BCUT2D eigenvalue weighted by molar-refractivity contribution is 0.200. The van der Waals surface area contributed by atoms with E-state index in [4.69, 9.17) is 9.47 Å². The number of ether oxygens (including phenoxy) is 2. The van der Waals surface area contributed by atoms with Gasteiger partial charge in [0.15, 0.2) is 11.5 Å². The van der Waals surface area contributed by atoms with Crippen molar-refractivity contribution in [1.82, 2.24) is 9.62 Å². The minimum atomic E-state index is -3.60. The summed E-state index contributed by atoms with van der Waals surface area (Å²) in [5.74, 6) is 0.906. The molecule has 1 saturated heterocycles. The van der Waals surface area contributed by atoms with E-state index < -0.39 is 10.0 Å². The van der Waals surface area contributed by atoms with Gasteiger partial charge in [-0.15, -0.1) is 0 Å². The molecule has 0 saturated carbocycles. The first-order chi connectivity index (χ1) is 13.0. The Morgan fingerprint density at radius 2 is 1.67 bits per heavy atom. The lowest BCUT2D eigenvalue weighted by Crippen LogP contribution is -2.44. The zero-order valence-electron chi connectivity index (χ0n) is 15.7. The molecule has 3 rings (SSSR count). The van der Waals surface area contributed by atoms with Crippen LogP contribution in [0.1, 0.15) is 18.4 Å². The SMILES string of the molecule is COc1ccc(S(=O)(=O)NC2CCN(Cc3ccccc3)CC2)cc1OC. The summed E-state index contributed by atoms with van der Waals surface area (Å²) in [6, 6.07) is 14.9. The molecule has 27 heavy (non-hydrogen) atoms. The van der Waals surface area contributed by atoms with Crippen molar-refractivity contribution in [2.24, 2.45) is 0 Å². The van der Waals surface area contributed by atoms with Gasteiger partial charge in [0, 0.05) is 31.7 Å². The third-order valence-electron chi connectivity index (χ3n) is 4.82. The molecule has 2 aromatic carbocycles. The smallest absolute Gasteiger partial charge is 0.240 e. The van der Waals surface area contributed by atoms with E-state index in [1.165, 1.54) is 31.9 Å². The van der Waals surface area contributed by atoms with Crippen LogP contribution < -0.4 is 14.2 Å². The summed E-state index contributed by atoms with van der Waals surface area (Å²) in [4.78, 5) is 2.54. The van der Waals surface area contributed by atoms with Crippen LogP contribution in [0.2, 0.25) is 0 Å². The molecule has 0 aliphatic carbocycles. The van der Waals surface area contributed by atoms with Gasteiger partial charge in [-0.1, -0.05) is 30.3 Å². The standard InChI is InChI=1S/C20H26N2O4S/c1-25-19-9-8-18(14-20(19)26-2)27(23,24)21-17-10-12-22(13-11-17)15-16-6-4-3-5-7-16/h3-9,14,17,21H,10-13,15H2,1-2H3. The summed E-state index contributed by atoms with van der Waals surface area (Å²) in [5, 5.41) is 0. The Morgan fingerprint density at radius 1 is 1.00 bits per heavy atom. The van der Waals surface area contributed by atoms with Crippen LogP contribution in [0.4, 0.5) is 0 Å². The highest BCUT2D eigenvalue weighted by molar-refractivity contribution is 7.89. The van der Waals surface area contributed by atoms with E-state index in [0.717, 1.165) is 32.5 Å². The van der Waals surface area contributed by atoms with Crippen molar-refractivity contribution in [2.75, 3.05) is 27.3 Å². The second-order valence-electron chi connectivity index (χ2n) is 6.67. The number of sulfonamides is 1. The summed E-state index contributed by atoms with van der Waals surface area (Å²) in [6.45, 7) is 2.64. The van der Waals surface area contributed by atoms with Crippen LogP contribution in [0.25, 0.3) is 0 Å². The Hall–Kier alpha value is -2.09. The Morgan fingerprint density at radius 3 is 2.30 bits per heavy atom. The summed E-state index contributed by atoms with van der Waals surface area (Å²) >= 11 is 0. The zero-order valence-corrected chi connectivity index (χ0v) is 16.5.